The number of esters is 1. The molecule has 0 spiro atoms. The summed E-state index contributed by atoms with van der Waals surface area (Å²) in [5.41, 5.74) is 6.11. The second-order valence-corrected chi connectivity index (χ2v) is 5.12. The summed E-state index contributed by atoms with van der Waals surface area (Å²) in [6.45, 7) is 6.03. The number of nitrogen functional groups attached to an aromatic ring is 1. The van der Waals surface area contributed by atoms with Crippen molar-refractivity contribution < 1.29 is 9.53 Å². The fourth-order valence-electron chi connectivity index (χ4n) is 1.55. The van der Waals surface area contributed by atoms with Gasteiger partial charge in [0.15, 0.2) is 0 Å². The third-order valence-electron chi connectivity index (χ3n) is 2.21. The molecule has 0 atom stereocenters. The first-order valence-corrected chi connectivity index (χ1v) is 5.89. The number of hydrogen-bond donors (Lipinski definition) is 1. The molecule has 0 aliphatic carbocycles. The van der Waals surface area contributed by atoms with Crippen molar-refractivity contribution in [3.8, 4) is 6.07 Å². The van der Waals surface area contributed by atoms with Crippen molar-refractivity contribution in [2.75, 3.05) is 5.73 Å². The van der Waals surface area contributed by atoms with Crippen LogP contribution in [0.15, 0.2) is 12.3 Å². The van der Waals surface area contributed by atoms with Crippen molar-refractivity contribution >= 4 is 11.7 Å². The van der Waals surface area contributed by atoms with Gasteiger partial charge in [0.25, 0.3) is 0 Å². The Hall–Kier alpha value is -1.96. The van der Waals surface area contributed by atoms with Gasteiger partial charge in [0, 0.05) is 19.2 Å². The number of nitrogens with zero attached hydrogens (tertiary/aromatic N) is 2. The van der Waals surface area contributed by atoms with Crippen molar-refractivity contribution in [3.63, 3.8) is 0 Å². The topological polar surface area (TPSA) is 81.0 Å². The number of carbonyl (C=O) groups is 1. The smallest absolute Gasteiger partial charge is 0.355 e. The summed E-state index contributed by atoms with van der Waals surface area (Å²) < 4.78 is 7.04. The van der Waals surface area contributed by atoms with Crippen LogP contribution in [0.2, 0.25) is 0 Å². The minimum absolute atomic E-state index is 0.392. The summed E-state index contributed by atoms with van der Waals surface area (Å²) >= 11 is 0. The Morgan fingerprint density at radius 1 is 1.56 bits per heavy atom. The van der Waals surface area contributed by atoms with Crippen LogP contribution in [0.5, 0.6) is 0 Å². The third-order valence-corrected chi connectivity index (χ3v) is 2.21. The van der Waals surface area contributed by atoms with Gasteiger partial charge in [-0.05, 0) is 33.3 Å². The van der Waals surface area contributed by atoms with E-state index in [2.05, 4.69) is 6.07 Å². The average Bonchev–Trinajstić information content (AvgIpc) is 2.58. The zero-order valence-corrected chi connectivity index (χ0v) is 11.1. The van der Waals surface area contributed by atoms with Gasteiger partial charge in [-0.3, -0.25) is 0 Å². The monoisotopic (exact) mass is 249 g/mol. The Morgan fingerprint density at radius 3 is 2.78 bits per heavy atom. The molecule has 1 aromatic heterocycles. The van der Waals surface area contributed by atoms with Crippen LogP contribution < -0.4 is 5.73 Å². The van der Waals surface area contributed by atoms with E-state index in [0.29, 0.717) is 30.8 Å². The highest BCUT2D eigenvalue weighted by molar-refractivity contribution is 5.89. The highest BCUT2D eigenvalue weighted by Crippen LogP contribution is 2.16. The van der Waals surface area contributed by atoms with Gasteiger partial charge >= 0.3 is 5.97 Å². The molecule has 1 heterocycles. The number of anilines is 1. The molecule has 0 saturated heterocycles. The molecule has 5 nitrogen and oxygen atoms in total. The molecule has 0 radical (unpaired) electrons. The maximum Gasteiger partial charge on any atom is 0.355 e. The lowest BCUT2D eigenvalue weighted by Crippen LogP contribution is -2.25. The molecule has 1 rings (SSSR count). The van der Waals surface area contributed by atoms with E-state index in [4.69, 9.17) is 15.7 Å². The molecule has 0 aliphatic rings. The summed E-state index contributed by atoms with van der Waals surface area (Å²) in [6.07, 6.45) is 2.82. The minimum atomic E-state index is -0.534. The molecular weight excluding hydrogens is 230 g/mol. The first kappa shape index (κ1) is 14.1. The second kappa shape index (κ2) is 5.58. The standard InChI is InChI=1S/C13H19N3O2/c1-13(2,3)18-12(17)11-8-10(15)9-16(11)7-5-4-6-14/h8-9H,4-5,7,15H2,1-3H3. The molecule has 0 unspecified atom stereocenters. The fraction of sp³-hybridized carbons (Fsp3) is 0.538. The van der Waals surface area contributed by atoms with E-state index in [9.17, 15) is 4.79 Å². The van der Waals surface area contributed by atoms with Gasteiger partial charge in [0.2, 0.25) is 0 Å². The number of hydrogen-bond acceptors (Lipinski definition) is 4. The third kappa shape index (κ3) is 4.13. The van der Waals surface area contributed by atoms with Crippen LogP contribution in [0.4, 0.5) is 5.69 Å². The van der Waals surface area contributed by atoms with E-state index in [1.54, 1.807) is 16.8 Å². The number of aromatic nitrogens is 1. The molecule has 0 fully saturated rings. The molecule has 0 aromatic carbocycles. The Labute approximate surface area is 107 Å². The Bertz CT molecular complexity index is 464. The van der Waals surface area contributed by atoms with Gasteiger partial charge in [-0.2, -0.15) is 5.26 Å². The van der Waals surface area contributed by atoms with Crippen LogP contribution in [0.1, 0.15) is 44.1 Å². The zero-order chi connectivity index (χ0) is 13.8. The molecular formula is C13H19N3O2. The lowest BCUT2D eigenvalue weighted by molar-refractivity contribution is 0.00576. The highest BCUT2D eigenvalue weighted by atomic mass is 16.6. The van der Waals surface area contributed by atoms with E-state index in [-0.39, 0.29) is 0 Å². The summed E-state index contributed by atoms with van der Waals surface area (Å²) in [7, 11) is 0. The molecule has 2 N–H and O–H groups in total. The predicted molar refractivity (Wildman–Crippen MR) is 68.9 cm³/mol. The van der Waals surface area contributed by atoms with Crippen LogP contribution in [-0.2, 0) is 11.3 Å². The SMILES string of the molecule is CC(C)(C)OC(=O)c1cc(N)cn1CCCC#N. The maximum absolute atomic E-state index is 12.0. The summed E-state index contributed by atoms with van der Waals surface area (Å²) in [5, 5.41) is 8.51. The van der Waals surface area contributed by atoms with Crippen LogP contribution in [-0.4, -0.2) is 16.1 Å². The van der Waals surface area contributed by atoms with Crippen LogP contribution in [0, 0.1) is 11.3 Å². The fourth-order valence-corrected chi connectivity index (χ4v) is 1.55. The molecule has 98 valence electrons. The molecule has 0 bridgehead atoms. The first-order valence-electron chi connectivity index (χ1n) is 5.89. The molecule has 0 aliphatic heterocycles. The molecule has 1 aromatic rings. The van der Waals surface area contributed by atoms with Gasteiger partial charge < -0.3 is 15.0 Å². The zero-order valence-electron chi connectivity index (χ0n) is 11.1. The largest absolute Gasteiger partial charge is 0.455 e. The lowest BCUT2D eigenvalue weighted by Gasteiger charge is -2.20. The van der Waals surface area contributed by atoms with Crippen LogP contribution >= 0.6 is 0 Å². The Morgan fingerprint density at radius 2 is 2.22 bits per heavy atom. The van der Waals surface area contributed by atoms with Crippen LogP contribution in [0.3, 0.4) is 0 Å². The van der Waals surface area contributed by atoms with Gasteiger partial charge in [-0.1, -0.05) is 0 Å². The Balaban J connectivity index is 2.81. The van der Waals surface area contributed by atoms with Gasteiger partial charge in [-0.15, -0.1) is 0 Å². The number of carbonyl (C=O) groups excluding carboxylic acids is 1. The predicted octanol–water partition coefficient (Wildman–Crippen LogP) is 2.33. The van der Waals surface area contributed by atoms with Crippen molar-refractivity contribution in [2.45, 2.75) is 45.8 Å². The molecule has 0 saturated carbocycles. The van der Waals surface area contributed by atoms with E-state index >= 15 is 0 Å². The lowest BCUT2D eigenvalue weighted by atomic mass is 10.2. The Kier molecular flexibility index (Phi) is 4.38. The first-order chi connectivity index (χ1) is 8.33. The van der Waals surface area contributed by atoms with Crippen molar-refractivity contribution in [1.29, 1.82) is 5.26 Å². The number of ether oxygens (including phenoxy) is 1. The number of aryl methyl sites for hydroxylation is 1. The molecule has 5 heteroatoms. The maximum atomic E-state index is 12.0. The van der Waals surface area contributed by atoms with E-state index in [1.165, 1.54) is 0 Å². The quantitative estimate of drug-likeness (QED) is 0.656. The summed E-state index contributed by atoms with van der Waals surface area (Å²) in [4.78, 5) is 12.0. The van der Waals surface area contributed by atoms with E-state index in [0.717, 1.165) is 0 Å². The minimum Gasteiger partial charge on any atom is -0.455 e. The number of nitrogens with two attached hydrogens (primary N) is 1. The van der Waals surface area contributed by atoms with Crippen LogP contribution in [0.25, 0.3) is 0 Å². The van der Waals surface area contributed by atoms with E-state index in [1.807, 2.05) is 20.8 Å². The van der Waals surface area contributed by atoms with Crippen molar-refractivity contribution in [1.82, 2.24) is 4.57 Å². The number of rotatable bonds is 4. The average molecular weight is 249 g/mol. The number of unbranched alkanes of at least 4 members (excludes halogenated alkanes) is 1. The second-order valence-electron chi connectivity index (χ2n) is 5.12. The summed E-state index contributed by atoms with van der Waals surface area (Å²) in [6, 6.07) is 3.67. The summed E-state index contributed by atoms with van der Waals surface area (Å²) in [5.74, 6) is -0.392. The normalized spacial score (nSPS) is 11.0. The highest BCUT2D eigenvalue weighted by Gasteiger charge is 2.21. The van der Waals surface area contributed by atoms with Gasteiger partial charge in [0.05, 0.1) is 11.8 Å². The molecule has 0 amide bonds. The van der Waals surface area contributed by atoms with Gasteiger partial charge in [0.1, 0.15) is 11.3 Å². The van der Waals surface area contributed by atoms with Crippen molar-refractivity contribution in [3.05, 3.63) is 18.0 Å². The molecule has 18 heavy (non-hydrogen) atoms. The van der Waals surface area contributed by atoms with Gasteiger partial charge in [-0.25, -0.2) is 4.79 Å². The van der Waals surface area contributed by atoms with Crippen molar-refractivity contribution in [2.24, 2.45) is 0 Å². The number of nitriles is 1. The van der Waals surface area contributed by atoms with E-state index < -0.39 is 11.6 Å².